The lowest BCUT2D eigenvalue weighted by molar-refractivity contribution is 0.475. The smallest absolute Gasteiger partial charge is 0.168 e. The van der Waals surface area contributed by atoms with Crippen molar-refractivity contribution in [1.82, 2.24) is 9.97 Å². The van der Waals surface area contributed by atoms with Crippen molar-refractivity contribution in [3.8, 4) is 5.75 Å². The summed E-state index contributed by atoms with van der Waals surface area (Å²) >= 11 is 0. The van der Waals surface area contributed by atoms with E-state index in [1.807, 2.05) is 31.2 Å². The largest absolute Gasteiger partial charge is 0.508 e. The molecule has 21 heavy (non-hydrogen) atoms. The van der Waals surface area contributed by atoms with Crippen molar-refractivity contribution in [2.24, 2.45) is 5.10 Å². The Labute approximate surface area is 122 Å². The number of fused-ring (bicyclic) bond motifs is 1. The highest BCUT2D eigenvalue weighted by atomic mass is 16.3. The number of phenolic OH excluding ortho intramolecular Hbond substituents is 1. The molecule has 104 valence electrons. The Hall–Kier alpha value is -2.95. The zero-order chi connectivity index (χ0) is 14.7. The molecule has 0 unspecified atom stereocenters. The number of hydrogen-bond donors (Lipinski definition) is 2. The molecule has 2 N–H and O–H groups in total. The molecule has 5 heteroatoms. The van der Waals surface area contributed by atoms with Crippen molar-refractivity contribution in [3.63, 3.8) is 0 Å². The summed E-state index contributed by atoms with van der Waals surface area (Å²) in [5, 5.41) is 13.4. The number of hydrogen-bond acceptors (Lipinski definition) is 5. The second-order valence-corrected chi connectivity index (χ2v) is 4.61. The Morgan fingerprint density at radius 2 is 1.67 bits per heavy atom. The summed E-state index contributed by atoms with van der Waals surface area (Å²) in [7, 11) is 0. The number of rotatable bonds is 3. The quantitative estimate of drug-likeness (QED) is 0.570. The van der Waals surface area contributed by atoms with Crippen LogP contribution in [0.25, 0.3) is 11.0 Å². The number of aromatic hydroxyl groups is 1. The number of benzene rings is 2. The maximum atomic E-state index is 9.22. The molecular weight excluding hydrogens is 264 g/mol. The lowest BCUT2D eigenvalue weighted by atomic mass is 10.2. The number of aryl methyl sites for hydroxylation is 1. The summed E-state index contributed by atoms with van der Waals surface area (Å²) in [6.45, 7) is 1.89. The van der Waals surface area contributed by atoms with E-state index in [0.717, 1.165) is 22.3 Å². The minimum Gasteiger partial charge on any atom is -0.508 e. The van der Waals surface area contributed by atoms with Gasteiger partial charge in [-0.25, -0.2) is 9.97 Å². The van der Waals surface area contributed by atoms with Crippen LogP contribution >= 0.6 is 0 Å². The van der Waals surface area contributed by atoms with Gasteiger partial charge >= 0.3 is 0 Å². The normalized spacial score (nSPS) is 11.1. The highest BCUT2D eigenvalue weighted by Crippen LogP contribution is 2.15. The lowest BCUT2D eigenvalue weighted by Gasteiger charge is -2.05. The van der Waals surface area contributed by atoms with Crippen molar-refractivity contribution in [2.45, 2.75) is 6.92 Å². The lowest BCUT2D eigenvalue weighted by Crippen LogP contribution is -1.99. The molecule has 3 rings (SSSR count). The molecule has 0 aliphatic heterocycles. The van der Waals surface area contributed by atoms with Gasteiger partial charge < -0.3 is 5.11 Å². The van der Waals surface area contributed by atoms with Crippen molar-refractivity contribution in [3.05, 3.63) is 59.8 Å². The molecular formula is C16H14N4O. The van der Waals surface area contributed by atoms with Gasteiger partial charge in [0.05, 0.1) is 22.9 Å². The van der Waals surface area contributed by atoms with Crippen molar-refractivity contribution in [1.29, 1.82) is 0 Å². The summed E-state index contributed by atoms with van der Waals surface area (Å²) < 4.78 is 0. The number of hydrazone groups is 1. The average molecular weight is 278 g/mol. The molecule has 0 radical (unpaired) electrons. The van der Waals surface area contributed by atoms with Gasteiger partial charge in [0, 0.05) is 0 Å². The first-order valence-electron chi connectivity index (χ1n) is 6.54. The zero-order valence-electron chi connectivity index (χ0n) is 11.5. The van der Waals surface area contributed by atoms with E-state index in [-0.39, 0.29) is 5.75 Å². The van der Waals surface area contributed by atoms with Crippen LogP contribution in [0.5, 0.6) is 5.75 Å². The topological polar surface area (TPSA) is 70.4 Å². The van der Waals surface area contributed by atoms with E-state index in [0.29, 0.717) is 5.82 Å². The van der Waals surface area contributed by atoms with E-state index < -0.39 is 0 Å². The molecule has 0 amide bonds. The van der Waals surface area contributed by atoms with Gasteiger partial charge in [-0.2, -0.15) is 5.10 Å². The molecule has 1 heterocycles. The highest BCUT2D eigenvalue weighted by Gasteiger charge is 2.03. The molecule has 3 aromatic rings. The molecule has 0 fully saturated rings. The maximum absolute atomic E-state index is 9.22. The highest BCUT2D eigenvalue weighted by molar-refractivity contribution is 5.81. The van der Waals surface area contributed by atoms with Crippen molar-refractivity contribution >= 4 is 23.1 Å². The number of aromatic nitrogens is 2. The molecule has 0 saturated carbocycles. The van der Waals surface area contributed by atoms with E-state index >= 15 is 0 Å². The van der Waals surface area contributed by atoms with Gasteiger partial charge in [0.1, 0.15) is 5.75 Å². The van der Waals surface area contributed by atoms with Gasteiger partial charge in [-0.1, -0.05) is 12.1 Å². The third-order valence-electron chi connectivity index (χ3n) is 3.02. The van der Waals surface area contributed by atoms with Crippen LogP contribution in [-0.2, 0) is 0 Å². The summed E-state index contributed by atoms with van der Waals surface area (Å²) in [6.07, 6.45) is 1.66. The van der Waals surface area contributed by atoms with Crippen LogP contribution in [0, 0.1) is 6.92 Å². The maximum Gasteiger partial charge on any atom is 0.168 e. The first-order chi connectivity index (χ1) is 10.2. The minimum atomic E-state index is 0.233. The Morgan fingerprint density at radius 1 is 1.00 bits per heavy atom. The number of para-hydroxylation sites is 2. The summed E-state index contributed by atoms with van der Waals surface area (Å²) in [4.78, 5) is 8.97. The van der Waals surface area contributed by atoms with Crippen molar-refractivity contribution in [2.75, 3.05) is 5.43 Å². The Balaban J connectivity index is 1.81. The third kappa shape index (κ3) is 2.97. The van der Waals surface area contributed by atoms with Gasteiger partial charge in [0.2, 0.25) is 0 Å². The van der Waals surface area contributed by atoms with E-state index in [1.54, 1.807) is 30.5 Å². The molecule has 5 nitrogen and oxygen atoms in total. The molecule has 0 atom stereocenters. The Morgan fingerprint density at radius 3 is 2.38 bits per heavy atom. The minimum absolute atomic E-state index is 0.233. The predicted molar refractivity (Wildman–Crippen MR) is 83.6 cm³/mol. The van der Waals surface area contributed by atoms with Crippen LogP contribution in [0.15, 0.2) is 53.6 Å². The standard InChI is InChI=1S/C16H14N4O/c1-11-16(19-15-5-3-2-4-14(15)18-11)20-17-10-12-6-8-13(21)9-7-12/h2-10,21H,1H3,(H,19,20)/b17-10-. The summed E-state index contributed by atoms with van der Waals surface area (Å²) in [5.74, 6) is 0.861. The summed E-state index contributed by atoms with van der Waals surface area (Å²) in [6, 6.07) is 14.5. The second kappa shape index (κ2) is 5.58. The fraction of sp³-hybridized carbons (Fsp3) is 0.0625. The van der Waals surface area contributed by atoms with E-state index in [9.17, 15) is 5.11 Å². The molecule has 2 aromatic carbocycles. The fourth-order valence-electron chi connectivity index (χ4n) is 1.92. The number of nitrogens with one attached hydrogen (secondary N) is 1. The number of phenols is 1. The Bertz CT molecular complexity index is 797. The number of nitrogens with zero attached hydrogens (tertiary/aromatic N) is 3. The second-order valence-electron chi connectivity index (χ2n) is 4.61. The number of anilines is 1. The van der Waals surface area contributed by atoms with Crippen molar-refractivity contribution < 1.29 is 5.11 Å². The van der Waals surface area contributed by atoms with Crippen LogP contribution < -0.4 is 5.43 Å². The molecule has 0 saturated heterocycles. The Kier molecular flexibility index (Phi) is 3.47. The van der Waals surface area contributed by atoms with Crippen LogP contribution in [-0.4, -0.2) is 21.3 Å². The van der Waals surface area contributed by atoms with Gasteiger partial charge in [-0.05, 0) is 48.9 Å². The van der Waals surface area contributed by atoms with Crippen LogP contribution in [0.4, 0.5) is 5.82 Å². The SMILES string of the molecule is Cc1nc2ccccc2nc1N/N=C\c1ccc(O)cc1. The monoisotopic (exact) mass is 278 g/mol. The average Bonchev–Trinajstić information content (AvgIpc) is 2.50. The zero-order valence-corrected chi connectivity index (χ0v) is 11.5. The molecule has 0 aliphatic carbocycles. The fourth-order valence-corrected chi connectivity index (χ4v) is 1.92. The van der Waals surface area contributed by atoms with Crippen LogP contribution in [0.1, 0.15) is 11.3 Å². The predicted octanol–water partition coefficient (Wildman–Crippen LogP) is 3.09. The summed E-state index contributed by atoms with van der Waals surface area (Å²) in [5.41, 5.74) is 6.26. The first kappa shape index (κ1) is 13.1. The van der Waals surface area contributed by atoms with Gasteiger partial charge in [0.25, 0.3) is 0 Å². The van der Waals surface area contributed by atoms with Gasteiger partial charge in [0.15, 0.2) is 5.82 Å². The van der Waals surface area contributed by atoms with E-state index in [2.05, 4.69) is 20.5 Å². The van der Waals surface area contributed by atoms with Gasteiger partial charge in [-0.15, -0.1) is 0 Å². The third-order valence-corrected chi connectivity index (χ3v) is 3.02. The van der Waals surface area contributed by atoms with Gasteiger partial charge in [-0.3, -0.25) is 5.43 Å². The molecule has 1 aromatic heterocycles. The van der Waals surface area contributed by atoms with Crippen LogP contribution in [0.3, 0.4) is 0 Å². The van der Waals surface area contributed by atoms with E-state index in [1.165, 1.54) is 0 Å². The molecule has 0 bridgehead atoms. The van der Waals surface area contributed by atoms with Crippen LogP contribution in [0.2, 0.25) is 0 Å². The van der Waals surface area contributed by atoms with E-state index in [4.69, 9.17) is 0 Å². The molecule has 0 spiro atoms. The molecule has 0 aliphatic rings. The first-order valence-corrected chi connectivity index (χ1v) is 6.54.